The van der Waals surface area contributed by atoms with Gasteiger partial charge in [-0.15, -0.1) is 0 Å². The third-order valence-electron chi connectivity index (χ3n) is 3.27. The number of rotatable bonds is 2. The minimum atomic E-state index is -0.167. The van der Waals surface area contributed by atoms with E-state index in [-0.39, 0.29) is 18.4 Å². The Morgan fingerprint density at radius 2 is 1.65 bits per heavy atom. The molecular formula is C16H14N2O2. The smallest absolute Gasteiger partial charge is 0.256 e. The van der Waals surface area contributed by atoms with Gasteiger partial charge in [0.15, 0.2) is 0 Å². The first-order valence-corrected chi connectivity index (χ1v) is 6.46. The lowest BCUT2D eigenvalue weighted by atomic mass is 10.1. The molecule has 4 heteroatoms. The van der Waals surface area contributed by atoms with Crippen LogP contribution in [0.25, 0.3) is 0 Å². The van der Waals surface area contributed by atoms with Gasteiger partial charge in [-0.25, -0.2) is 0 Å². The Hall–Kier alpha value is -2.62. The first kappa shape index (κ1) is 12.4. The summed E-state index contributed by atoms with van der Waals surface area (Å²) < 4.78 is 0. The number of nitrogens with zero attached hydrogens (tertiary/aromatic N) is 1. The molecule has 0 saturated heterocycles. The lowest BCUT2D eigenvalue weighted by molar-refractivity contribution is -0.116. The normalized spacial score (nSPS) is 14.5. The van der Waals surface area contributed by atoms with Gasteiger partial charge in [0.1, 0.15) is 6.54 Å². The fourth-order valence-electron chi connectivity index (χ4n) is 2.32. The van der Waals surface area contributed by atoms with Gasteiger partial charge >= 0.3 is 0 Å². The average molecular weight is 266 g/mol. The van der Waals surface area contributed by atoms with Crippen LogP contribution in [-0.2, 0) is 11.3 Å². The highest BCUT2D eigenvalue weighted by Gasteiger charge is 2.25. The number of hydrogen-bond acceptors (Lipinski definition) is 2. The fourth-order valence-corrected chi connectivity index (χ4v) is 2.32. The van der Waals surface area contributed by atoms with Crippen LogP contribution in [0.3, 0.4) is 0 Å². The molecular weight excluding hydrogens is 252 g/mol. The van der Waals surface area contributed by atoms with Crippen LogP contribution in [0.5, 0.6) is 0 Å². The first-order valence-electron chi connectivity index (χ1n) is 6.46. The Bertz CT molecular complexity index is 653. The minimum Gasteiger partial charge on any atom is -0.325 e. The Morgan fingerprint density at radius 1 is 0.950 bits per heavy atom. The molecule has 4 nitrogen and oxygen atoms in total. The SMILES string of the molecule is O=C1CN(Cc2ccccc2)C(=O)c2ccccc2N1. The summed E-state index contributed by atoms with van der Waals surface area (Å²) in [5, 5.41) is 2.77. The summed E-state index contributed by atoms with van der Waals surface area (Å²) in [6.45, 7) is 0.504. The van der Waals surface area contributed by atoms with E-state index in [9.17, 15) is 9.59 Å². The van der Waals surface area contributed by atoms with Gasteiger partial charge in [-0.1, -0.05) is 42.5 Å². The number of para-hydroxylation sites is 1. The van der Waals surface area contributed by atoms with Crippen molar-refractivity contribution >= 4 is 17.5 Å². The number of benzene rings is 2. The van der Waals surface area contributed by atoms with Gasteiger partial charge in [-0.05, 0) is 17.7 Å². The summed E-state index contributed by atoms with van der Waals surface area (Å²) in [5.41, 5.74) is 2.13. The molecule has 1 heterocycles. The summed E-state index contributed by atoms with van der Waals surface area (Å²) in [5.74, 6) is -0.290. The van der Waals surface area contributed by atoms with E-state index in [1.807, 2.05) is 30.3 Å². The quantitative estimate of drug-likeness (QED) is 0.906. The molecule has 0 saturated carbocycles. The molecule has 100 valence electrons. The van der Waals surface area contributed by atoms with Crippen molar-refractivity contribution in [1.82, 2.24) is 4.90 Å². The van der Waals surface area contributed by atoms with Gasteiger partial charge in [-0.3, -0.25) is 9.59 Å². The Balaban J connectivity index is 1.92. The van der Waals surface area contributed by atoms with Crippen molar-refractivity contribution in [2.45, 2.75) is 6.54 Å². The molecule has 0 fully saturated rings. The largest absolute Gasteiger partial charge is 0.325 e. The topological polar surface area (TPSA) is 49.4 Å². The average Bonchev–Trinajstić information content (AvgIpc) is 2.58. The van der Waals surface area contributed by atoms with E-state index < -0.39 is 0 Å². The van der Waals surface area contributed by atoms with E-state index in [1.54, 1.807) is 29.2 Å². The molecule has 1 N–H and O–H groups in total. The standard InChI is InChI=1S/C16H14N2O2/c19-15-11-18(10-12-6-2-1-3-7-12)16(20)13-8-4-5-9-14(13)17-15/h1-9H,10-11H2,(H,17,19). The summed E-state index contributed by atoms with van der Waals surface area (Å²) in [7, 11) is 0. The zero-order valence-electron chi connectivity index (χ0n) is 10.9. The number of carbonyl (C=O) groups excluding carboxylic acids is 2. The minimum absolute atomic E-state index is 0.0718. The zero-order chi connectivity index (χ0) is 13.9. The summed E-state index contributed by atoms with van der Waals surface area (Å²) >= 11 is 0. The maximum absolute atomic E-state index is 12.5. The third kappa shape index (κ3) is 2.40. The number of nitrogens with one attached hydrogen (secondary N) is 1. The van der Waals surface area contributed by atoms with Crippen LogP contribution in [0, 0.1) is 0 Å². The second-order valence-corrected chi connectivity index (χ2v) is 4.74. The van der Waals surface area contributed by atoms with Gasteiger partial charge in [0, 0.05) is 6.54 Å². The highest BCUT2D eigenvalue weighted by Crippen LogP contribution is 2.21. The van der Waals surface area contributed by atoms with Crippen molar-refractivity contribution in [1.29, 1.82) is 0 Å². The monoisotopic (exact) mass is 266 g/mol. The Kier molecular flexibility index (Phi) is 3.21. The van der Waals surface area contributed by atoms with Crippen LogP contribution in [-0.4, -0.2) is 23.3 Å². The van der Waals surface area contributed by atoms with Crippen LogP contribution in [0.15, 0.2) is 54.6 Å². The molecule has 0 unspecified atom stereocenters. The molecule has 2 aromatic carbocycles. The van der Waals surface area contributed by atoms with Crippen molar-refractivity contribution < 1.29 is 9.59 Å². The van der Waals surface area contributed by atoms with E-state index in [4.69, 9.17) is 0 Å². The van der Waals surface area contributed by atoms with Crippen molar-refractivity contribution in [3.63, 3.8) is 0 Å². The van der Waals surface area contributed by atoms with E-state index >= 15 is 0 Å². The van der Waals surface area contributed by atoms with Crippen molar-refractivity contribution in [2.75, 3.05) is 11.9 Å². The summed E-state index contributed by atoms with van der Waals surface area (Å²) in [6, 6.07) is 16.8. The molecule has 1 aliphatic heterocycles. The highest BCUT2D eigenvalue weighted by molar-refractivity contribution is 6.08. The Labute approximate surface area is 117 Å². The first-order chi connectivity index (χ1) is 9.74. The number of fused-ring (bicyclic) bond motifs is 1. The molecule has 0 aliphatic carbocycles. The summed E-state index contributed by atoms with van der Waals surface area (Å²) in [4.78, 5) is 26.0. The molecule has 0 bridgehead atoms. The lowest BCUT2D eigenvalue weighted by Crippen LogP contribution is -2.34. The van der Waals surface area contributed by atoms with Crippen LogP contribution >= 0.6 is 0 Å². The van der Waals surface area contributed by atoms with Crippen molar-refractivity contribution in [2.24, 2.45) is 0 Å². The van der Waals surface area contributed by atoms with Crippen LogP contribution in [0.4, 0.5) is 5.69 Å². The predicted molar refractivity (Wildman–Crippen MR) is 76.3 cm³/mol. The number of amides is 2. The lowest BCUT2D eigenvalue weighted by Gasteiger charge is -2.19. The van der Waals surface area contributed by atoms with Crippen molar-refractivity contribution in [3.05, 3.63) is 65.7 Å². The van der Waals surface area contributed by atoms with E-state index in [1.165, 1.54) is 0 Å². The second-order valence-electron chi connectivity index (χ2n) is 4.74. The number of hydrogen-bond donors (Lipinski definition) is 1. The molecule has 0 spiro atoms. The molecule has 0 atom stereocenters. The molecule has 3 rings (SSSR count). The Morgan fingerprint density at radius 3 is 2.45 bits per heavy atom. The van der Waals surface area contributed by atoms with Crippen molar-refractivity contribution in [3.8, 4) is 0 Å². The van der Waals surface area contributed by atoms with Crippen LogP contribution in [0.2, 0.25) is 0 Å². The molecule has 1 aliphatic rings. The third-order valence-corrected chi connectivity index (χ3v) is 3.27. The maximum atomic E-state index is 12.5. The molecule has 2 amide bonds. The number of carbonyl (C=O) groups is 2. The van der Waals surface area contributed by atoms with Gasteiger partial charge in [0.05, 0.1) is 11.3 Å². The summed E-state index contributed by atoms with van der Waals surface area (Å²) in [6.07, 6.45) is 0. The van der Waals surface area contributed by atoms with E-state index in [0.717, 1.165) is 5.56 Å². The molecule has 20 heavy (non-hydrogen) atoms. The maximum Gasteiger partial charge on any atom is 0.256 e. The van der Waals surface area contributed by atoms with Crippen LogP contribution in [0.1, 0.15) is 15.9 Å². The fraction of sp³-hybridized carbons (Fsp3) is 0.125. The van der Waals surface area contributed by atoms with Gasteiger partial charge < -0.3 is 10.2 Å². The number of anilines is 1. The predicted octanol–water partition coefficient (Wildman–Crippen LogP) is 2.28. The van der Waals surface area contributed by atoms with Gasteiger partial charge in [0.2, 0.25) is 5.91 Å². The molecule has 0 aromatic heterocycles. The molecule has 0 radical (unpaired) electrons. The van der Waals surface area contributed by atoms with E-state index in [2.05, 4.69) is 5.32 Å². The zero-order valence-corrected chi connectivity index (χ0v) is 10.9. The van der Waals surface area contributed by atoms with Crippen LogP contribution < -0.4 is 5.32 Å². The van der Waals surface area contributed by atoms with Gasteiger partial charge in [0.25, 0.3) is 5.91 Å². The second kappa shape index (κ2) is 5.17. The van der Waals surface area contributed by atoms with E-state index in [0.29, 0.717) is 17.8 Å². The highest BCUT2D eigenvalue weighted by atomic mass is 16.2. The molecule has 2 aromatic rings. The van der Waals surface area contributed by atoms with Gasteiger partial charge in [-0.2, -0.15) is 0 Å².